The Bertz CT molecular complexity index is 155. The van der Waals surface area contributed by atoms with Crippen LogP contribution in [0, 0.1) is 5.92 Å². The van der Waals surface area contributed by atoms with E-state index in [2.05, 4.69) is 11.8 Å². The van der Waals surface area contributed by atoms with Crippen molar-refractivity contribution in [3.63, 3.8) is 0 Å². The first-order valence-electron chi connectivity index (χ1n) is 4.73. The summed E-state index contributed by atoms with van der Waals surface area (Å²) in [6.07, 6.45) is 3.71. The summed E-state index contributed by atoms with van der Waals surface area (Å²) in [7, 11) is 0. The van der Waals surface area contributed by atoms with Crippen molar-refractivity contribution in [3.05, 3.63) is 0 Å². The highest BCUT2D eigenvalue weighted by atomic mass is 32.1. The molecular weight excluding hydrogens is 168 g/mol. The Hall–Kier alpha value is -0.150. The van der Waals surface area contributed by atoms with Gasteiger partial charge in [-0.1, -0.05) is 19.1 Å². The highest BCUT2D eigenvalue weighted by Crippen LogP contribution is 2.29. The molecule has 0 atom stereocenters. The van der Waals surface area contributed by atoms with Gasteiger partial charge in [-0.15, -0.1) is 0 Å². The largest absolute Gasteiger partial charge is 0.393 e. The molecule has 70 valence electrons. The van der Waals surface area contributed by atoms with E-state index in [9.17, 15) is 0 Å². The number of thiocarbonyl (C=S) groups is 1. The predicted octanol–water partition coefficient (Wildman–Crippen LogP) is 1.39. The number of hydrogen-bond acceptors (Lipinski definition) is 2. The topological polar surface area (TPSA) is 29.3 Å². The van der Waals surface area contributed by atoms with Gasteiger partial charge in [-0.3, -0.25) is 0 Å². The van der Waals surface area contributed by atoms with Crippen LogP contribution in [0.15, 0.2) is 0 Å². The first kappa shape index (κ1) is 9.93. The van der Waals surface area contributed by atoms with Crippen molar-refractivity contribution in [1.29, 1.82) is 0 Å². The third-order valence-corrected chi connectivity index (χ3v) is 2.54. The van der Waals surface area contributed by atoms with Gasteiger partial charge >= 0.3 is 0 Å². The van der Waals surface area contributed by atoms with E-state index in [4.69, 9.17) is 18.0 Å². The van der Waals surface area contributed by atoms with Crippen LogP contribution in [0.4, 0.5) is 0 Å². The Labute approximate surface area is 80.1 Å². The second-order valence-electron chi connectivity index (χ2n) is 3.55. The van der Waals surface area contributed by atoms with Crippen molar-refractivity contribution in [2.45, 2.75) is 26.2 Å². The summed E-state index contributed by atoms with van der Waals surface area (Å²) in [6, 6.07) is 0. The SMILES string of the molecule is CCN(CCC(N)=S)CC1CC1. The van der Waals surface area contributed by atoms with E-state index in [1.165, 1.54) is 19.4 Å². The zero-order valence-corrected chi connectivity index (χ0v) is 8.57. The molecule has 1 saturated carbocycles. The third-order valence-electron chi connectivity index (χ3n) is 2.33. The van der Waals surface area contributed by atoms with E-state index >= 15 is 0 Å². The van der Waals surface area contributed by atoms with Gasteiger partial charge in [0, 0.05) is 19.5 Å². The maximum atomic E-state index is 5.45. The van der Waals surface area contributed by atoms with Gasteiger partial charge in [-0.2, -0.15) is 0 Å². The van der Waals surface area contributed by atoms with Gasteiger partial charge in [0.25, 0.3) is 0 Å². The molecule has 0 aromatic heterocycles. The van der Waals surface area contributed by atoms with Gasteiger partial charge in [0.1, 0.15) is 0 Å². The minimum Gasteiger partial charge on any atom is -0.393 e. The van der Waals surface area contributed by atoms with Crippen LogP contribution in [0.1, 0.15) is 26.2 Å². The lowest BCUT2D eigenvalue weighted by molar-refractivity contribution is 0.285. The molecule has 1 aliphatic rings. The van der Waals surface area contributed by atoms with Crippen LogP contribution in [0.25, 0.3) is 0 Å². The summed E-state index contributed by atoms with van der Waals surface area (Å²) in [5.41, 5.74) is 5.45. The smallest absolute Gasteiger partial charge is 0.0740 e. The van der Waals surface area contributed by atoms with E-state index in [1.807, 2.05) is 0 Å². The Morgan fingerprint density at radius 1 is 1.58 bits per heavy atom. The molecule has 0 aromatic carbocycles. The summed E-state index contributed by atoms with van der Waals surface area (Å²) in [5.74, 6) is 0.969. The highest BCUT2D eigenvalue weighted by molar-refractivity contribution is 7.80. The molecule has 12 heavy (non-hydrogen) atoms. The van der Waals surface area contributed by atoms with E-state index in [1.54, 1.807) is 0 Å². The van der Waals surface area contributed by atoms with Crippen molar-refractivity contribution in [3.8, 4) is 0 Å². The van der Waals surface area contributed by atoms with Crippen LogP contribution in [0.5, 0.6) is 0 Å². The van der Waals surface area contributed by atoms with Crippen molar-refractivity contribution in [2.75, 3.05) is 19.6 Å². The van der Waals surface area contributed by atoms with Gasteiger partial charge in [0.2, 0.25) is 0 Å². The number of rotatable bonds is 6. The molecule has 2 N–H and O–H groups in total. The van der Waals surface area contributed by atoms with Crippen molar-refractivity contribution in [1.82, 2.24) is 4.90 Å². The molecular formula is C9H18N2S. The Balaban J connectivity index is 2.10. The monoisotopic (exact) mass is 186 g/mol. The molecule has 2 nitrogen and oxygen atoms in total. The summed E-state index contributed by atoms with van der Waals surface area (Å²) in [6.45, 7) is 5.61. The molecule has 1 fully saturated rings. The molecule has 0 bridgehead atoms. The molecule has 1 rings (SSSR count). The molecule has 0 unspecified atom stereocenters. The lowest BCUT2D eigenvalue weighted by Gasteiger charge is -2.19. The minimum atomic E-state index is 0.643. The number of hydrogen-bond donors (Lipinski definition) is 1. The lowest BCUT2D eigenvalue weighted by Crippen LogP contribution is -2.29. The van der Waals surface area contributed by atoms with Crippen LogP contribution in [0.2, 0.25) is 0 Å². The first-order valence-corrected chi connectivity index (χ1v) is 5.14. The normalized spacial score (nSPS) is 16.8. The second-order valence-corrected chi connectivity index (χ2v) is 4.08. The van der Waals surface area contributed by atoms with E-state index in [0.717, 1.165) is 25.4 Å². The van der Waals surface area contributed by atoms with E-state index < -0.39 is 0 Å². The summed E-state index contributed by atoms with van der Waals surface area (Å²) in [4.78, 5) is 3.08. The summed E-state index contributed by atoms with van der Waals surface area (Å²) >= 11 is 4.84. The lowest BCUT2D eigenvalue weighted by atomic mass is 10.3. The number of nitrogens with zero attached hydrogens (tertiary/aromatic N) is 1. The van der Waals surface area contributed by atoms with Gasteiger partial charge in [-0.25, -0.2) is 0 Å². The zero-order valence-electron chi connectivity index (χ0n) is 7.75. The molecule has 0 heterocycles. The maximum absolute atomic E-state index is 5.45. The average Bonchev–Trinajstić information content (AvgIpc) is 2.81. The summed E-state index contributed by atoms with van der Waals surface area (Å²) in [5, 5.41) is 0. The molecule has 1 aliphatic carbocycles. The van der Waals surface area contributed by atoms with Crippen LogP contribution in [0.3, 0.4) is 0 Å². The standard InChI is InChI=1S/C9H18N2S/c1-2-11(6-5-9(10)12)7-8-3-4-8/h8H,2-7H2,1H3,(H2,10,12). The zero-order chi connectivity index (χ0) is 8.97. The quantitative estimate of drug-likeness (QED) is 0.636. The van der Waals surface area contributed by atoms with Crippen LogP contribution in [-0.2, 0) is 0 Å². The van der Waals surface area contributed by atoms with Crippen molar-refractivity contribution >= 4 is 17.2 Å². The Morgan fingerprint density at radius 2 is 2.25 bits per heavy atom. The van der Waals surface area contributed by atoms with Gasteiger partial charge in [0.05, 0.1) is 4.99 Å². The minimum absolute atomic E-state index is 0.643. The summed E-state index contributed by atoms with van der Waals surface area (Å²) < 4.78 is 0. The fraction of sp³-hybridized carbons (Fsp3) is 0.889. The third kappa shape index (κ3) is 4.02. The van der Waals surface area contributed by atoms with Crippen LogP contribution < -0.4 is 5.73 Å². The maximum Gasteiger partial charge on any atom is 0.0740 e. The van der Waals surface area contributed by atoms with Gasteiger partial charge in [0.15, 0.2) is 0 Å². The second kappa shape index (κ2) is 4.77. The molecule has 0 spiro atoms. The van der Waals surface area contributed by atoms with E-state index in [-0.39, 0.29) is 0 Å². The highest BCUT2D eigenvalue weighted by Gasteiger charge is 2.23. The van der Waals surface area contributed by atoms with Gasteiger partial charge in [-0.05, 0) is 25.3 Å². The Kier molecular flexibility index (Phi) is 3.95. The molecule has 0 aromatic rings. The van der Waals surface area contributed by atoms with Crippen molar-refractivity contribution in [2.24, 2.45) is 11.7 Å². The molecule has 0 aliphatic heterocycles. The molecule has 0 radical (unpaired) electrons. The van der Waals surface area contributed by atoms with Crippen LogP contribution >= 0.6 is 12.2 Å². The van der Waals surface area contributed by atoms with Crippen molar-refractivity contribution < 1.29 is 0 Å². The van der Waals surface area contributed by atoms with E-state index in [0.29, 0.717) is 4.99 Å². The molecule has 3 heteroatoms. The predicted molar refractivity (Wildman–Crippen MR) is 56.2 cm³/mol. The molecule has 0 saturated heterocycles. The first-order chi connectivity index (χ1) is 5.72. The van der Waals surface area contributed by atoms with Gasteiger partial charge < -0.3 is 10.6 Å². The average molecular weight is 186 g/mol. The molecule has 0 amide bonds. The number of nitrogens with two attached hydrogens (primary N) is 1. The Morgan fingerprint density at radius 3 is 2.67 bits per heavy atom. The fourth-order valence-electron chi connectivity index (χ4n) is 1.31. The van der Waals surface area contributed by atoms with Crippen LogP contribution in [-0.4, -0.2) is 29.5 Å². The fourth-order valence-corrected chi connectivity index (χ4v) is 1.40.